The van der Waals surface area contributed by atoms with E-state index < -0.39 is 0 Å². The molecule has 0 amide bonds. The van der Waals surface area contributed by atoms with Gasteiger partial charge in [0.25, 0.3) is 0 Å². The van der Waals surface area contributed by atoms with E-state index in [0.717, 1.165) is 5.56 Å². The summed E-state index contributed by atoms with van der Waals surface area (Å²) in [6, 6.07) is 5.59. The molecule has 0 spiro atoms. The second kappa shape index (κ2) is 4.81. The minimum absolute atomic E-state index is 0.0381. The van der Waals surface area contributed by atoms with Gasteiger partial charge in [-0.1, -0.05) is 17.3 Å². The SMILES string of the molecule is COc1cccc(-c2cnoc2N)c1OC1COC1. The van der Waals surface area contributed by atoms with E-state index in [2.05, 4.69) is 5.16 Å². The monoisotopic (exact) mass is 262 g/mol. The molecule has 6 nitrogen and oxygen atoms in total. The van der Waals surface area contributed by atoms with Crippen LogP contribution in [0.15, 0.2) is 28.9 Å². The summed E-state index contributed by atoms with van der Waals surface area (Å²) < 4.78 is 21.3. The quantitative estimate of drug-likeness (QED) is 0.903. The molecule has 3 rings (SSSR count). The maximum absolute atomic E-state index is 5.91. The second-order valence-electron chi connectivity index (χ2n) is 4.22. The number of methoxy groups -OCH3 is 1. The third-order valence-corrected chi connectivity index (χ3v) is 2.98. The number of para-hydroxylation sites is 1. The number of nitrogens with zero attached hydrogens (tertiary/aromatic N) is 1. The fourth-order valence-electron chi connectivity index (χ4n) is 1.91. The Labute approximate surface area is 110 Å². The average Bonchev–Trinajstić information content (AvgIpc) is 2.79. The largest absolute Gasteiger partial charge is 0.493 e. The van der Waals surface area contributed by atoms with Gasteiger partial charge in [-0.25, -0.2) is 0 Å². The molecule has 19 heavy (non-hydrogen) atoms. The van der Waals surface area contributed by atoms with Gasteiger partial charge in [0.15, 0.2) is 11.5 Å². The number of benzene rings is 1. The van der Waals surface area contributed by atoms with Crippen LogP contribution in [0.5, 0.6) is 11.5 Å². The van der Waals surface area contributed by atoms with Gasteiger partial charge in [-0.05, 0) is 6.07 Å². The van der Waals surface area contributed by atoms with Crippen molar-refractivity contribution < 1.29 is 18.7 Å². The van der Waals surface area contributed by atoms with Crippen molar-refractivity contribution in [3.63, 3.8) is 0 Å². The van der Waals surface area contributed by atoms with Gasteiger partial charge >= 0.3 is 0 Å². The molecule has 0 atom stereocenters. The van der Waals surface area contributed by atoms with Gasteiger partial charge in [0.2, 0.25) is 5.88 Å². The molecule has 0 aliphatic carbocycles. The third-order valence-electron chi connectivity index (χ3n) is 2.98. The summed E-state index contributed by atoms with van der Waals surface area (Å²) in [6.07, 6.45) is 1.60. The normalized spacial score (nSPS) is 15.0. The lowest BCUT2D eigenvalue weighted by Crippen LogP contribution is -2.38. The lowest BCUT2D eigenvalue weighted by atomic mass is 10.1. The number of ether oxygens (including phenoxy) is 3. The van der Waals surface area contributed by atoms with Crippen LogP contribution in [0.2, 0.25) is 0 Å². The second-order valence-corrected chi connectivity index (χ2v) is 4.22. The molecule has 2 aromatic rings. The molecule has 2 heterocycles. The summed E-state index contributed by atoms with van der Waals surface area (Å²) in [4.78, 5) is 0. The number of nitrogens with two attached hydrogens (primary N) is 1. The van der Waals surface area contributed by atoms with Gasteiger partial charge in [-0.3, -0.25) is 0 Å². The molecule has 100 valence electrons. The topological polar surface area (TPSA) is 79.7 Å². The zero-order valence-electron chi connectivity index (χ0n) is 10.5. The molecule has 0 bridgehead atoms. The third kappa shape index (κ3) is 2.10. The zero-order chi connectivity index (χ0) is 13.2. The average molecular weight is 262 g/mol. The number of rotatable bonds is 4. The Hall–Kier alpha value is -2.21. The number of nitrogen functional groups attached to an aromatic ring is 1. The van der Waals surface area contributed by atoms with Crippen molar-refractivity contribution in [3.8, 4) is 22.6 Å². The minimum atomic E-state index is 0.0381. The van der Waals surface area contributed by atoms with Crippen molar-refractivity contribution in [1.82, 2.24) is 5.16 Å². The maximum atomic E-state index is 5.91. The molecule has 1 aliphatic heterocycles. The predicted octanol–water partition coefficient (Wildman–Crippen LogP) is 1.71. The highest BCUT2D eigenvalue weighted by Gasteiger charge is 2.25. The lowest BCUT2D eigenvalue weighted by Gasteiger charge is -2.28. The van der Waals surface area contributed by atoms with Crippen molar-refractivity contribution in [2.24, 2.45) is 0 Å². The van der Waals surface area contributed by atoms with E-state index in [1.54, 1.807) is 13.3 Å². The Morgan fingerprint density at radius 1 is 1.32 bits per heavy atom. The van der Waals surface area contributed by atoms with E-state index in [1.807, 2.05) is 18.2 Å². The fourth-order valence-corrected chi connectivity index (χ4v) is 1.91. The summed E-state index contributed by atoms with van der Waals surface area (Å²) >= 11 is 0. The number of anilines is 1. The molecule has 6 heteroatoms. The van der Waals surface area contributed by atoms with Crippen LogP contribution >= 0.6 is 0 Å². The highest BCUT2D eigenvalue weighted by Crippen LogP contribution is 2.41. The molecule has 1 fully saturated rings. The van der Waals surface area contributed by atoms with E-state index in [1.165, 1.54) is 0 Å². The Morgan fingerprint density at radius 2 is 2.16 bits per heavy atom. The number of hydrogen-bond acceptors (Lipinski definition) is 6. The molecule has 2 N–H and O–H groups in total. The predicted molar refractivity (Wildman–Crippen MR) is 68.1 cm³/mol. The van der Waals surface area contributed by atoms with Crippen LogP contribution in [0.1, 0.15) is 0 Å². The van der Waals surface area contributed by atoms with Crippen LogP contribution in [0.4, 0.5) is 5.88 Å². The van der Waals surface area contributed by atoms with E-state index >= 15 is 0 Å². The van der Waals surface area contributed by atoms with Crippen LogP contribution in [0.25, 0.3) is 11.1 Å². The molecule has 1 aromatic heterocycles. The fraction of sp³-hybridized carbons (Fsp3) is 0.308. The Bertz CT molecular complexity index is 578. The van der Waals surface area contributed by atoms with Gasteiger partial charge < -0.3 is 24.5 Å². The summed E-state index contributed by atoms with van der Waals surface area (Å²) in [5.41, 5.74) is 7.25. The van der Waals surface area contributed by atoms with Crippen molar-refractivity contribution in [3.05, 3.63) is 24.4 Å². The van der Waals surface area contributed by atoms with E-state index in [4.69, 9.17) is 24.5 Å². The van der Waals surface area contributed by atoms with Crippen molar-refractivity contribution in [2.45, 2.75) is 6.10 Å². The Morgan fingerprint density at radius 3 is 2.74 bits per heavy atom. The summed E-state index contributed by atoms with van der Waals surface area (Å²) in [7, 11) is 1.60. The number of hydrogen-bond donors (Lipinski definition) is 1. The first kappa shape index (κ1) is 11.9. The van der Waals surface area contributed by atoms with Crippen LogP contribution < -0.4 is 15.2 Å². The Kier molecular flexibility index (Phi) is 3.00. The molecule has 1 aromatic carbocycles. The lowest BCUT2D eigenvalue weighted by molar-refractivity contribution is -0.0801. The summed E-state index contributed by atoms with van der Waals surface area (Å²) in [6.45, 7) is 1.16. The highest BCUT2D eigenvalue weighted by molar-refractivity contribution is 5.79. The molecular formula is C13H14N2O4. The van der Waals surface area contributed by atoms with Gasteiger partial charge in [-0.15, -0.1) is 0 Å². The smallest absolute Gasteiger partial charge is 0.230 e. The van der Waals surface area contributed by atoms with Crippen LogP contribution in [0.3, 0.4) is 0 Å². The van der Waals surface area contributed by atoms with Crippen LogP contribution in [0, 0.1) is 0 Å². The van der Waals surface area contributed by atoms with E-state index in [0.29, 0.717) is 30.3 Å². The van der Waals surface area contributed by atoms with Crippen LogP contribution in [-0.4, -0.2) is 31.6 Å². The first-order valence-corrected chi connectivity index (χ1v) is 5.91. The number of aromatic nitrogens is 1. The molecule has 0 radical (unpaired) electrons. The molecule has 1 aliphatic rings. The minimum Gasteiger partial charge on any atom is -0.493 e. The standard InChI is InChI=1S/C13H14N2O4/c1-16-11-4-2-3-9(10-5-15-19-13(10)14)12(11)18-8-6-17-7-8/h2-5,8H,6-7,14H2,1H3. The van der Waals surface area contributed by atoms with Gasteiger partial charge in [0, 0.05) is 5.56 Å². The molecule has 0 unspecified atom stereocenters. The first-order valence-electron chi connectivity index (χ1n) is 5.91. The van der Waals surface area contributed by atoms with Crippen molar-refractivity contribution >= 4 is 5.88 Å². The molecule has 1 saturated heterocycles. The zero-order valence-corrected chi connectivity index (χ0v) is 10.5. The van der Waals surface area contributed by atoms with Gasteiger partial charge in [0.1, 0.15) is 6.10 Å². The molecular weight excluding hydrogens is 248 g/mol. The van der Waals surface area contributed by atoms with Gasteiger partial charge in [-0.2, -0.15) is 0 Å². The van der Waals surface area contributed by atoms with E-state index in [9.17, 15) is 0 Å². The summed E-state index contributed by atoms with van der Waals surface area (Å²) in [5.74, 6) is 1.53. The molecule has 0 saturated carbocycles. The van der Waals surface area contributed by atoms with Crippen LogP contribution in [-0.2, 0) is 4.74 Å². The highest BCUT2D eigenvalue weighted by atomic mass is 16.6. The van der Waals surface area contributed by atoms with E-state index in [-0.39, 0.29) is 12.0 Å². The first-order chi connectivity index (χ1) is 9.29. The van der Waals surface area contributed by atoms with Gasteiger partial charge in [0.05, 0.1) is 32.1 Å². The Balaban J connectivity index is 2.04. The maximum Gasteiger partial charge on any atom is 0.230 e. The van der Waals surface area contributed by atoms with Crippen molar-refractivity contribution in [1.29, 1.82) is 0 Å². The van der Waals surface area contributed by atoms with Crippen molar-refractivity contribution in [2.75, 3.05) is 26.1 Å². The summed E-state index contributed by atoms with van der Waals surface area (Å²) in [5, 5.41) is 3.69.